The molecule has 0 atom stereocenters. The van der Waals surface area contributed by atoms with Crippen LogP contribution in [-0.2, 0) is 6.54 Å². The average molecular weight is 454 g/mol. The Balaban J connectivity index is 1.34. The zero-order valence-electron chi connectivity index (χ0n) is 19.1. The molecule has 1 N–H and O–H groups in total. The lowest BCUT2D eigenvalue weighted by Gasteiger charge is -2.37. The fourth-order valence-electron chi connectivity index (χ4n) is 4.44. The number of methoxy groups -OCH3 is 1. The molecule has 172 valence electrons. The van der Waals surface area contributed by atoms with Gasteiger partial charge in [0, 0.05) is 56.7 Å². The minimum Gasteiger partial charge on any atom is -0.495 e. The summed E-state index contributed by atoms with van der Waals surface area (Å²) in [5, 5.41) is 4.88. The molecule has 2 aromatic carbocycles. The molecule has 34 heavy (non-hydrogen) atoms. The van der Waals surface area contributed by atoms with Gasteiger partial charge in [0.05, 0.1) is 18.4 Å². The van der Waals surface area contributed by atoms with Gasteiger partial charge in [0.25, 0.3) is 5.91 Å². The zero-order valence-corrected chi connectivity index (χ0v) is 19.1. The van der Waals surface area contributed by atoms with Gasteiger partial charge in [-0.1, -0.05) is 42.5 Å². The highest BCUT2D eigenvalue weighted by molar-refractivity contribution is 6.09. The molecule has 1 saturated heterocycles. The number of piperazine rings is 1. The van der Waals surface area contributed by atoms with Crippen molar-refractivity contribution in [2.75, 3.05) is 43.1 Å². The lowest BCUT2D eigenvalue weighted by Crippen LogP contribution is -2.47. The molecule has 0 radical (unpaired) electrons. The van der Waals surface area contributed by atoms with E-state index in [0.717, 1.165) is 59.8 Å². The van der Waals surface area contributed by atoms with Crippen molar-refractivity contribution in [3.05, 3.63) is 90.4 Å². The van der Waals surface area contributed by atoms with E-state index in [1.54, 1.807) is 25.7 Å². The molecule has 1 fully saturated rings. The predicted octanol–water partition coefficient (Wildman–Crippen LogP) is 3.90. The maximum absolute atomic E-state index is 13.0. The highest BCUT2D eigenvalue weighted by Gasteiger charge is 2.23. The minimum absolute atomic E-state index is 0.139. The van der Waals surface area contributed by atoms with E-state index in [-0.39, 0.29) is 5.91 Å². The van der Waals surface area contributed by atoms with Crippen LogP contribution in [0.4, 0.5) is 11.5 Å². The number of nitrogens with one attached hydrogen (secondary N) is 1. The SMILES string of the molecule is COc1ccccc1N1CCN(c2ncc(C(=O)NCc3cccnc3)c3ccccc23)CC1. The van der Waals surface area contributed by atoms with Crippen LogP contribution in [0.15, 0.2) is 79.3 Å². The summed E-state index contributed by atoms with van der Waals surface area (Å²) >= 11 is 0. The molecule has 3 heterocycles. The zero-order chi connectivity index (χ0) is 23.3. The number of pyridine rings is 2. The second kappa shape index (κ2) is 9.79. The summed E-state index contributed by atoms with van der Waals surface area (Å²) in [6.07, 6.45) is 5.17. The van der Waals surface area contributed by atoms with Crippen LogP contribution >= 0.6 is 0 Å². The minimum atomic E-state index is -0.139. The van der Waals surface area contributed by atoms with E-state index < -0.39 is 0 Å². The maximum Gasteiger partial charge on any atom is 0.253 e. The van der Waals surface area contributed by atoms with Gasteiger partial charge in [-0.2, -0.15) is 0 Å². The third kappa shape index (κ3) is 4.37. The van der Waals surface area contributed by atoms with Crippen molar-refractivity contribution >= 4 is 28.2 Å². The Kier molecular flexibility index (Phi) is 6.25. The van der Waals surface area contributed by atoms with Gasteiger partial charge in [0.2, 0.25) is 0 Å². The van der Waals surface area contributed by atoms with Gasteiger partial charge in [-0.05, 0) is 29.1 Å². The maximum atomic E-state index is 13.0. The number of fused-ring (bicyclic) bond motifs is 1. The molecule has 0 aliphatic carbocycles. The molecule has 2 aromatic heterocycles. The number of carbonyl (C=O) groups is 1. The Morgan fingerprint density at radius 3 is 2.41 bits per heavy atom. The van der Waals surface area contributed by atoms with E-state index in [9.17, 15) is 4.79 Å². The molecule has 1 aliphatic rings. The van der Waals surface area contributed by atoms with Gasteiger partial charge in [-0.15, -0.1) is 0 Å². The molecular formula is C27H27N5O2. The van der Waals surface area contributed by atoms with Gasteiger partial charge in [0.1, 0.15) is 11.6 Å². The first-order valence-corrected chi connectivity index (χ1v) is 11.4. The van der Waals surface area contributed by atoms with Crippen LogP contribution in [-0.4, -0.2) is 49.2 Å². The standard InChI is InChI=1S/C27H27N5O2/c1-34-25-11-5-4-10-24(25)31-13-15-32(16-14-31)26-22-9-3-2-8-21(22)23(19-29-26)27(33)30-18-20-7-6-12-28-17-20/h2-12,17,19H,13-16,18H2,1H3,(H,30,33). The average Bonchev–Trinajstić information content (AvgIpc) is 2.92. The molecule has 4 aromatic rings. The summed E-state index contributed by atoms with van der Waals surface area (Å²) in [4.78, 5) is 26.5. The number of aromatic nitrogens is 2. The van der Waals surface area contributed by atoms with Crippen molar-refractivity contribution in [3.63, 3.8) is 0 Å². The molecule has 5 rings (SSSR count). The quantitative estimate of drug-likeness (QED) is 0.478. The first-order chi connectivity index (χ1) is 16.7. The van der Waals surface area contributed by atoms with E-state index in [2.05, 4.69) is 26.2 Å². The fourth-order valence-corrected chi connectivity index (χ4v) is 4.44. The number of nitrogens with zero attached hydrogens (tertiary/aromatic N) is 4. The van der Waals surface area contributed by atoms with Gasteiger partial charge in [-0.25, -0.2) is 4.98 Å². The Labute approximate surface area is 199 Å². The summed E-state index contributed by atoms with van der Waals surface area (Å²) in [5.41, 5.74) is 2.65. The highest BCUT2D eigenvalue weighted by Crippen LogP contribution is 2.31. The lowest BCUT2D eigenvalue weighted by molar-refractivity contribution is 0.0952. The van der Waals surface area contributed by atoms with E-state index >= 15 is 0 Å². The number of amides is 1. The van der Waals surface area contributed by atoms with Crippen molar-refractivity contribution in [2.45, 2.75) is 6.54 Å². The third-order valence-corrected chi connectivity index (χ3v) is 6.20. The fraction of sp³-hybridized carbons (Fsp3) is 0.222. The monoisotopic (exact) mass is 453 g/mol. The molecule has 0 unspecified atom stereocenters. The summed E-state index contributed by atoms with van der Waals surface area (Å²) in [6, 6.07) is 19.9. The number of hydrogen-bond donors (Lipinski definition) is 1. The third-order valence-electron chi connectivity index (χ3n) is 6.20. The van der Waals surface area contributed by atoms with Gasteiger partial charge in [0.15, 0.2) is 0 Å². The Hall–Kier alpha value is -4.13. The largest absolute Gasteiger partial charge is 0.495 e. The van der Waals surface area contributed by atoms with E-state index in [1.165, 1.54) is 0 Å². The van der Waals surface area contributed by atoms with Crippen molar-refractivity contribution in [3.8, 4) is 5.75 Å². The van der Waals surface area contributed by atoms with E-state index in [4.69, 9.17) is 9.72 Å². The molecule has 0 bridgehead atoms. The molecule has 1 aliphatic heterocycles. The van der Waals surface area contributed by atoms with Crippen molar-refractivity contribution < 1.29 is 9.53 Å². The van der Waals surface area contributed by atoms with Gasteiger partial charge in [-0.3, -0.25) is 9.78 Å². The van der Waals surface area contributed by atoms with Crippen molar-refractivity contribution in [1.29, 1.82) is 0 Å². The second-order valence-corrected chi connectivity index (χ2v) is 8.23. The molecule has 7 nitrogen and oxygen atoms in total. The normalized spacial score (nSPS) is 13.7. The lowest BCUT2D eigenvalue weighted by atomic mass is 10.1. The topological polar surface area (TPSA) is 70.6 Å². The number of hydrogen-bond acceptors (Lipinski definition) is 6. The van der Waals surface area contributed by atoms with Gasteiger partial charge >= 0.3 is 0 Å². The number of ether oxygens (including phenoxy) is 1. The Morgan fingerprint density at radius 1 is 0.912 bits per heavy atom. The second-order valence-electron chi connectivity index (χ2n) is 8.23. The Bertz CT molecular complexity index is 1290. The summed E-state index contributed by atoms with van der Waals surface area (Å²) in [5.74, 6) is 1.67. The smallest absolute Gasteiger partial charge is 0.253 e. The first kappa shape index (κ1) is 21.7. The number of rotatable bonds is 6. The van der Waals surface area contributed by atoms with Crippen molar-refractivity contribution in [1.82, 2.24) is 15.3 Å². The predicted molar refractivity (Wildman–Crippen MR) is 135 cm³/mol. The number of carbonyl (C=O) groups excluding carboxylic acids is 1. The van der Waals surface area contributed by atoms with E-state index in [0.29, 0.717) is 12.1 Å². The molecule has 0 saturated carbocycles. The number of anilines is 2. The highest BCUT2D eigenvalue weighted by atomic mass is 16.5. The molecule has 1 amide bonds. The number of para-hydroxylation sites is 2. The van der Waals surface area contributed by atoms with Crippen LogP contribution in [0, 0.1) is 0 Å². The molecule has 0 spiro atoms. The molecule has 7 heteroatoms. The summed E-state index contributed by atoms with van der Waals surface area (Å²) in [6.45, 7) is 3.82. The van der Waals surface area contributed by atoms with Gasteiger partial charge < -0.3 is 19.9 Å². The van der Waals surface area contributed by atoms with Crippen LogP contribution in [0.3, 0.4) is 0 Å². The summed E-state index contributed by atoms with van der Waals surface area (Å²) < 4.78 is 5.54. The van der Waals surface area contributed by atoms with Crippen LogP contribution < -0.4 is 19.9 Å². The summed E-state index contributed by atoms with van der Waals surface area (Å²) in [7, 11) is 1.71. The first-order valence-electron chi connectivity index (χ1n) is 11.4. The van der Waals surface area contributed by atoms with Crippen LogP contribution in [0.25, 0.3) is 10.8 Å². The van der Waals surface area contributed by atoms with Crippen molar-refractivity contribution in [2.24, 2.45) is 0 Å². The van der Waals surface area contributed by atoms with E-state index in [1.807, 2.05) is 54.6 Å². The van der Waals surface area contributed by atoms with Crippen LogP contribution in [0.5, 0.6) is 5.75 Å². The Morgan fingerprint density at radius 2 is 1.65 bits per heavy atom. The number of benzene rings is 2. The van der Waals surface area contributed by atoms with Crippen LogP contribution in [0.1, 0.15) is 15.9 Å². The van der Waals surface area contributed by atoms with Crippen LogP contribution in [0.2, 0.25) is 0 Å². The molecular weight excluding hydrogens is 426 g/mol.